The minimum Gasteiger partial charge on any atom is -0.481 e. The number of hydrogen-bond acceptors (Lipinski definition) is 5. The molecule has 0 radical (unpaired) electrons. The van der Waals surface area contributed by atoms with E-state index in [1.807, 2.05) is 6.07 Å². The topological polar surface area (TPSA) is 59.9 Å². The van der Waals surface area contributed by atoms with E-state index < -0.39 is 0 Å². The van der Waals surface area contributed by atoms with Gasteiger partial charge in [-0.1, -0.05) is 0 Å². The maximum atomic E-state index is 14.2. The van der Waals surface area contributed by atoms with Gasteiger partial charge in [-0.3, -0.25) is 0 Å². The van der Waals surface area contributed by atoms with Crippen LogP contribution >= 0.6 is 0 Å². The molecule has 0 unspecified atom stereocenters. The molecule has 0 spiro atoms. The fourth-order valence-electron chi connectivity index (χ4n) is 2.01. The summed E-state index contributed by atoms with van der Waals surface area (Å²) in [6.07, 6.45) is 5.08. The van der Waals surface area contributed by atoms with Crippen LogP contribution in [0.2, 0.25) is 0 Å². The fourth-order valence-corrected chi connectivity index (χ4v) is 2.01. The minimum absolute atomic E-state index is 0.248. The predicted molar refractivity (Wildman–Crippen MR) is 72.1 cm³/mol. The Bertz CT molecular complexity index is 616. The molecule has 0 aliphatic heterocycles. The second-order valence-corrected chi connectivity index (χ2v) is 4.76. The molecule has 6 heteroatoms. The number of nitrogens with one attached hydrogen (secondary N) is 1. The summed E-state index contributed by atoms with van der Waals surface area (Å²) in [7, 11) is 1.56. The van der Waals surface area contributed by atoms with Crippen LogP contribution in [0, 0.1) is 5.82 Å². The first-order valence-electron chi connectivity index (χ1n) is 6.51. The molecule has 0 saturated heterocycles. The van der Waals surface area contributed by atoms with Gasteiger partial charge < -0.3 is 10.1 Å². The summed E-state index contributed by atoms with van der Waals surface area (Å²) in [5.74, 6) is 0.708. The number of aromatic nitrogens is 3. The summed E-state index contributed by atoms with van der Waals surface area (Å²) in [6.45, 7) is 0.455. The Morgan fingerprint density at radius 2 is 2.20 bits per heavy atom. The molecule has 1 aliphatic carbocycles. The highest BCUT2D eigenvalue weighted by molar-refractivity contribution is 5.40. The summed E-state index contributed by atoms with van der Waals surface area (Å²) in [5, 5.41) is 2.99. The van der Waals surface area contributed by atoms with E-state index in [1.165, 1.54) is 6.33 Å². The Kier molecular flexibility index (Phi) is 3.45. The third kappa shape index (κ3) is 2.68. The molecule has 0 atom stereocenters. The van der Waals surface area contributed by atoms with Crippen LogP contribution in [0.25, 0.3) is 0 Å². The highest BCUT2D eigenvalue weighted by atomic mass is 19.1. The van der Waals surface area contributed by atoms with Gasteiger partial charge in [0.2, 0.25) is 5.88 Å². The highest BCUT2D eigenvalue weighted by Crippen LogP contribution is 2.40. The van der Waals surface area contributed by atoms with Gasteiger partial charge in [-0.2, -0.15) is 0 Å². The van der Waals surface area contributed by atoms with Crippen LogP contribution in [0.4, 0.5) is 10.2 Å². The van der Waals surface area contributed by atoms with E-state index in [0.29, 0.717) is 18.1 Å². The van der Waals surface area contributed by atoms with Crippen LogP contribution in [-0.2, 0) is 6.54 Å². The van der Waals surface area contributed by atoms with Crippen molar-refractivity contribution in [3.63, 3.8) is 0 Å². The van der Waals surface area contributed by atoms with Gasteiger partial charge in [0.05, 0.1) is 12.8 Å². The summed E-state index contributed by atoms with van der Waals surface area (Å²) in [6, 6.07) is 3.64. The van der Waals surface area contributed by atoms with E-state index in [1.54, 1.807) is 19.4 Å². The molecule has 104 valence electrons. The van der Waals surface area contributed by atoms with Crippen molar-refractivity contribution in [2.45, 2.75) is 25.3 Å². The molecule has 1 saturated carbocycles. The molecule has 2 heterocycles. The second kappa shape index (κ2) is 5.40. The van der Waals surface area contributed by atoms with Crippen LogP contribution in [0.1, 0.15) is 30.0 Å². The van der Waals surface area contributed by atoms with E-state index in [-0.39, 0.29) is 17.6 Å². The molecule has 2 aromatic rings. The maximum Gasteiger partial charge on any atom is 0.213 e. The molecule has 2 aromatic heterocycles. The van der Waals surface area contributed by atoms with Crippen LogP contribution < -0.4 is 10.1 Å². The average molecular weight is 274 g/mol. The molecule has 0 bridgehead atoms. The molecule has 1 N–H and O–H groups in total. The fraction of sp³-hybridized carbons (Fsp3) is 0.357. The van der Waals surface area contributed by atoms with Gasteiger partial charge in [-0.05, 0) is 24.5 Å². The molecule has 3 rings (SSSR count). The normalized spacial score (nSPS) is 14.1. The van der Waals surface area contributed by atoms with Crippen molar-refractivity contribution in [3.05, 3.63) is 41.7 Å². The Labute approximate surface area is 116 Å². The summed E-state index contributed by atoms with van der Waals surface area (Å²) < 4.78 is 19.2. The number of anilines is 1. The summed E-state index contributed by atoms with van der Waals surface area (Å²) >= 11 is 0. The van der Waals surface area contributed by atoms with Crippen LogP contribution in [-0.4, -0.2) is 22.1 Å². The third-order valence-electron chi connectivity index (χ3n) is 3.25. The van der Waals surface area contributed by atoms with E-state index in [2.05, 4.69) is 20.3 Å². The van der Waals surface area contributed by atoms with Gasteiger partial charge in [0.25, 0.3) is 0 Å². The minimum atomic E-state index is -0.337. The monoisotopic (exact) mass is 274 g/mol. The Morgan fingerprint density at radius 1 is 1.35 bits per heavy atom. The Morgan fingerprint density at radius 3 is 2.95 bits per heavy atom. The lowest BCUT2D eigenvalue weighted by Crippen LogP contribution is -2.07. The molecule has 1 aliphatic rings. The van der Waals surface area contributed by atoms with Gasteiger partial charge in [-0.15, -0.1) is 0 Å². The molecule has 0 amide bonds. The Balaban J connectivity index is 1.73. The molecule has 5 nitrogen and oxygen atoms in total. The van der Waals surface area contributed by atoms with E-state index in [4.69, 9.17) is 4.74 Å². The summed E-state index contributed by atoms with van der Waals surface area (Å²) in [5.41, 5.74) is 1.47. The van der Waals surface area contributed by atoms with Crippen molar-refractivity contribution < 1.29 is 9.13 Å². The van der Waals surface area contributed by atoms with Crippen LogP contribution in [0.3, 0.4) is 0 Å². The number of ether oxygens (including phenoxy) is 1. The van der Waals surface area contributed by atoms with Gasteiger partial charge in [-0.25, -0.2) is 19.3 Å². The van der Waals surface area contributed by atoms with Crippen molar-refractivity contribution in [3.8, 4) is 5.88 Å². The zero-order valence-corrected chi connectivity index (χ0v) is 11.1. The van der Waals surface area contributed by atoms with Crippen molar-refractivity contribution >= 4 is 5.82 Å². The van der Waals surface area contributed by atoms with E-state index in [0.717, 1.165) is 18.4 Å². The lowest BCUT2D eigenvalue weighted by Gasteiger charge is -2.09. The van der Waals surface area contributed by atoms with E-state index in [9.17, 15) is 4.39 Å². The number of hydrogen-bond donors (Lipinski definition) is 1. The van der Waals surface area contributed by atoms with Gasteiger partial charge >= 0.3 is 0 Å². The first kappa shape index (κ1) is 12.8. The zero-order chi connectivity index (χ0) is 13.9. The van der Waals surface area contributed by atoms with Crippen molar-refractivity contribution in [1.82, 2.24) is 15.0 Å². The number of pyridine rings is 1. The molecule has 20 heavy (non-hydrogen) atoms. The van der Waals surface area contributed by atoms with Gasteiger partial charge in [0, 0.05) is 24.7 Å². The molecular formula is C14H15FN4O. The van der Waals surface area contributed by atoms with Gasteiger partial charge in [0.15, 0.2) is 11.6 Å². The quantitative estimate of drug-likeness (QED) is 0.907. The van der Waals surface area contributed by atoms with Crippen molar-refractivity contribution in [1.29, 1.82) is 0 Å². The van der Waals surface area contributed by atoms with Crippen molar-refractivity contribution in [2.75, 3.05) is 12.4 Å². The van der Waals surface area contributed by atoms with E-state index >= 15 is 0 Å². The SMILES string of the molecule is COc1cc(CNc2ncnc(C3CC3)c2F)ccn1. The van der Waals surface area contributed by atoms with Gasteiger partial charge in [0.1, 0.15) is 6.33 Å². The summed E-state index contributed by atoms with van der Waals surface area (Å²) in [4.78, 5) is 12.0. The molecule has 0 aromatic carbocycles. The predicted octanol–water partition coefficient (Wildman–Crippen LogP) is 2.51. The number of methoxy groups -OCH3 is 1. The molecule has 1 fully saturated rings. The zero-order valence-electron chi connectivity index (χ0n) is 11.1. The first-order valence-corrected chi connectivity index (χ1v) is 6.51. The Hall–Kier alpha value is -2.24. The smallest absolute Gasteiger partial charge is 0.213 e. The highest BCUT2D eigenvalue weighted by Gasteiger charge is 2.29. The lowest BCUT2D eigenvalue weighted by molar-refractivity contribution is 0.397. The van der Waals surface area contributed by atoms with Crippen LogP contribution in [0.5, 0.6) is 5.88 Å². The second-order valence-electron chi connectivity index (χ2n) is 4.76. The maximum absolute atomic E-state index is 14.2. The number of rotatable bonds is 5. The molecular weight excluding hydrogens is 259 g/mol. The first-order chi connectivity index (χ1) is 9.78. The largest absolute Gasteiger partial charge is 0.481 e. The lowest BCUT2D eigenvalue weighted by atomic mass is 10.2. The number of halogens is 1. The van der Waals surface area contributed by atoms with Crippen molar-refractivity contribution in [2.24, 2.45) is 0 Å². The third-order valence-corrected chi connectivity index (χ3v) is 3.25. The average Bonchev–Trinajstić information content (AvgIpc) is 3.31. The standard InChI is InChI=1S/C14H15FN4O/c1-20-11-6-9(4-5-16-11)7-17-14-12(15)13(10-2-3-10)18-8-19-14/h4-6,8,10H,2-3,7H2,1H3,(H,17,18,19). The van der Waals surface area contributed by atoms with Crippen LogP contribution in [0.15, 0.2) is 24.7 Å². The number of nitrogens with zero attached hydrogens (tertiary/aromatic N) is 3.